The number of nitrogens with zero attached hydrogens (tertiary/aromatic N) is 5. The Labute approximate surface area is 173 Å². The summed E-state index contributed by atoms with van der Waals surface area (Å²) in [5, 5.41) is 15.3. The summed E-state index contributed by atoms with van der Waals surface area (Å²) in [6.07, 6.45) is 4.39. The first-order valence-electron chi connectivity index (χ1n) is 7.93. The molecule has 0 spiro atoms. The van der Waals surface area contributed by atoms with Gasteiger partial charge in [0.15, 0.2) is 11.5 Å². The van der Waals surface area contributed by atoms with Crippen LogP contribution in [0.5, 0.6) is 0 Å². The normalized spacial score (nSPS) is 10.3. The molecule has 3 heterocycles. The number of aryl methyl sites for hydroxylation is 2. The van der Waals surface area contributed by atoms with Crippen molar-refractivity contribution in [3.63, 3.8) is 0 Å². The smallest absolute Gasteiger partial charge is 0.246 e. The van der Waals surface area contributed by atoms with Crippen LogP contribution in [0, 0.1) is 5.41 Å². The van der Waals surface area contributed by atoms with Crippen LogP contribution in [-0.4, -0.2) is 29.4 Å². The van der Waals surface area contributed by atoms with E-state index in [2.05, 4.69) is 20.2 Å². The number of aromatic nitrogens is 6. The molecule has 0 unspecified atom stereocenters. The topological polar surface area (TPSA) is 113 Å². The van der Waals surface area contributed by atoms with Crippen molar-refractivity contribution in [2.24, 2.45) is 0 Å². The minimum atomic E-state index is -0.0880. The molecule has 8 heteroatoms. The quantitative estimate of drug-likeness (QED) is 0.464. The SMILES string of the molecule is C.C.C.C.C.C.CC.CC.N=c1nc(N)c2nn3c4c([nH]n3c-2n1)CCCC4. The number of nitrogens with two attached hydrogens (primary N) is 1. The molecule has 28 heavy (non-hydrogen) atoms. The van der Waals surface area contributed by atoms with Crippen LogP contribution in [-0.2, 0) is 12.8 Å². The number of hydrogen-bond donors (Lipinski definition) is 3. The number of rotatable bonds is 0. The minimum absolute atomic E-state index is 0. The Bertz CT molecular complexity index is 782. The minimum Gasteiger partial charge on any atom is -0.382 e. The standard InChI is InChI=1S/C10H12N8.2C2H6.6CH4/c11-8-7-9(14-10(12)13-8)18-15-5-3-1-2-4-6(5)17(18)16-7;2*1-2;;;;;;/h15H,1-4H2,(H3,11,12,13);2*1-2H3;6*1H4. The van der Waals surface area contributed by atoms with Gasteiger partial charge in [-0.1, -0.05) is 72.3 Å². The molecule has 1 aliphatic carbocycles. The maximum absolute atomic E-state index is 7.53. The van der Waals surface area contributed by atoms with Crippen molar-refractivity contribution < 1.29 is 0 Å². The molecule has 1 aromatic heterocycles. The van der Waals surface area contributed by atoms with E-state index in [1.807, 2.05) is 27.7 Å². The summed E-state index contributed by atoms with van der Waals surface area (Å²) in [7, 11) is 0. The fourth-order valence-electron chi connectivity index (χ4n) is 2.57. The van der Waals surface area contributed by atoms with E-state index in [4.69, 9.17) is 11.1 Å². The highest BCUT2D eigenvalue weighted by Crippen LogP contribution is 2.24. The van der Waals surface area contributed by atoms with Crippen LogP contribution >= 0.6 is 0 Å². The van der Waals surface area contributed by atoms with Crippen molar-refractivity contribution in [2.75, 3.05) is 5.73 Å². The monoisotopic (exact) mass is 400 g/mol. The van der Waals surface area contributed by atoms with Gasteiger partial charge < -0.3 is 5.73 Å². The van der Waals surface area contributed by atoms with Crippen LogP contribution in [0.4, 0.5) is 5.82 Å². The van der Waals surface area contributed by atoms with Crippen molar-refractivity contribution in [3.8, 4) is 11.5 Å². The summed E-state index contributed by atoms with van der Waals surface area (Å²) >= 11 is 0. The first-order chi connectivity index (χ1) is 10.7. The fraction of sp³-hybridized carbons (Fsp3) is 0.700. The van der Waals surface area contributed by atoms with Crippen LogP contribution in [0.3, 0.4) is 0 Å². The Morgan fingerprint density at radius 3 is 2.00 bits per heavy atom. The third-order valence-electron chi connectivity index (χ3n) is 3.40. The van der Waals surface area contributed by atoms with E-state index < -0.39 is 0 Å². The molecule has 168 valence electrons. The lowest BCUT2D eigenvalue weighted by Crippen LogP contribution is -2.16. The van der Waals surface area contributed by atoms with E-state index >= 15 is 0 Å². The average molecular weight is 401 g/mol. The summed E-state index contributed by atoms with van der Waals surface area (Å²) in [6.45, 7) is 8.00. The van der Waals surface area contributed by atoms with E-state index in [0.717, 1.165) is 12.8 Å². The third-order valence-corrected chi connectivity index (χ3v) is 3.40. The molecule has 0 saturated heterocycles. The lowest BCUT2D eigenvalue weighted by Gasteiger charge is -2.08. The predicted octanol–water partition coefficient (Wildman–Crippen LogP) is 5.47. The molecular weight excluding hydrogens is 352 g/mol. The van der Waals surface area contributed by atoms with Gasteiger partial charge in [-0.3, -0.25) is 10.5 Å². The molecule has 4 N–H and O–H groups in total. The third kappa shape index (κ3) is 6.07. The Morgan fingerprint density at radius 2 is 1.43 bits per heavy atom. The van der Waals surface area contributed by atoms with Gasteiger partial charge in [-0.05, 0) is 25.7 Å². The lowest BCUT2D eigenvalue weighted by molar-refractivity contribution is 0.628. The van der Waals surface area contributed by atoms with Crippen molar-refractivity contribution in [3.05, 3.63) is 17.0 Å². The van der Waals surface area contributed by atoms with Crippen LogP contribution in [0.15, 0.2) is 0 Å². The van der Waals surface area contributed by atoms with Crippen molar-refractivity contribution >= 4 is 5.82 Å². The first-order valence-corrected chi connectivity index (χ1v) is 7.93. The predicted molar refractivity (Wildman–Crippen MR) is 125 cm³/mol. The fourth-order valence-corrected chi connectivity index (χ4v) is 2.57. The zero-order chi connectivity index (χ0) is 16.3. The number of nitrogens with one attached hydrogen (secondary N) is 2. The van der Waals surface area contributed by atoms with Gasteiger partial charge >= 0.3 is 0 Å². The van der Waals surface area contributed by atoms with E-state index in [-0.39, 0.29) is 56.0 Å². The second-order valence-electron chi connectivity index (χ2n) is 4.55. The zero-order valence-electron chi connectivity index (χ0n) is 13.6. The largest absolute Gasteiger partial charge is 0.382 e. The van der Waals surface area contributed by atoms with E-state index in [1.54, 1.807) is 9.26 Å². The highest BCUT2D eigenvalue weighted by molar-refractivity contribution is 5.63. The summed E-state index contributed by atoms with van der Waals surface area (Å²) in [6, 6.07) is 0. The molecule has 3 aliphatic rings. The molecular formula is C20H48N8. The molecule has 8 nitrogen and oxygen atoms in total. The van der Waals surface area contributed by atoms with E-state index in [9.17, 15) is 0 Å². The summed E-state index contributed by atoms with van der Waals surface area (Å²) in [4.78, 5) is 7.91. The van der Waals surface area contributed by atoms with Gasteiger partial charge in [-0.25, -0.2) is 0 Å². The van der Waals surface area contributed by atoms with Gasteiger partial charge in [0.1, 0.15) is 0 Å². The number of H-pyrrole nitrogens is 1. The molecule has 1 aromatic rings. The number of hydrogen-bond acceptors (Lipinski definition) is 5. The summed E-state index contributed by atoms with van der Waals surface area (Å²) < 4.78 is 3.55. The second kappa shape index (κ2) is 15.7. The highest BCUT2D eigenvalue weighted by atomic mass is 15.6. The molecule has 0 radical (unpaired) electrons. The van der Waals surface area contributed by atoms with Gasteiger partial charge in [-0.15, -0.1) is 5.10 Å². The Hall–Kier alpha value is -2.38. The van der Waals surface area contributed by atoms with Crippen molar-refractivity contribution in [2.45, 2.75) is 97.9 Å². The second-order valence-corrected chi connectivity index (χ2v) is 4.55. The average Bonchev–Trinajstić information content (AvgIpc) is 3.08. The summed E-state index contributed by atoms with van der Waals surface area (Å²) in [5.74, 6) is 0.807. The number of nitrogen functional groups attached to an aromatic ring is 1. The maximum Gasteiger partial charge on any atom is 0.246 e. The van der Waals surface area contributed by atoms with Gasteiger partial charge in [0.05, 0.1) is 11.4 Å². The zero-order valence-corrected chi connectivity index (χ0v) is 13.6. The molecule has 0 atom stereocenters. The number of fused-ring (bicyclic) bond motifs is 5. The van der Waals surface area contributed by atoms with Crippen LogP contribution in [0.1, 0.15) is 96.5 Å². The molecule has 0 fully saturated rings. The molecule has 0 bridgehead atoms. The van der Waals surface area contributed by atoms with Crippen LogP contribution in [0.25, 0.3) is 11.5 Å². The van der Waals surface area contributed by atoms with Gasteiger partial charge in [0.25, 0.3) is 0 Å². The van der Waals surface area contributed by atoms with E-state index in [1.165, 1.54) is 24.2 Å². The van der Waals surface area contributed by atoms with Crippen molar-refractivity contribution in [1.82, 2.24) is 29.4 Å². The van der Waals surface area contributed by atoms with Gasteiger partial charge in [-0.2, -0.15) is 19.2 Å². The Morgan fingerprint density at radius 1 is 0.893 bits per heavy atom. The lowest BCUT2D eigenvalue weighted by atomic mass is 10.0. The molecule has 0 amide bonds. The Kier molecular flexibility index (Phi) is 20.4. The summed E-state index contributed by atoms with van der Waals surface area (Å²) in [5.41, 5.74) is 8.60. The van der Waals surface area contributed by atoms with Crippen molar-refractivity contribution in [1.29, 1.82) is 5.41 Å². The first kappa shape index (κ1) is 36.5. The van der Waals surface area contributed by atoms with E-state index in [0.29, 0.717) is 11.5 Å². The molecule has 0 saturated carbocycles. The number of aromatic amines is 1. The van der Waals surface area contributed by atoms with Gasteiger partial charge in [0, 0.05) is 0 Å². The maximum atomic E-state index is 7.53. The molecule has 2 aliphatic heterocycles. The van der Waals surface area contributed by atoms with Crippen LogP contribution < -0.4 is 11.4 Å². The number of anilines is 1. The van der Waals surface area contributed by atoms with Gasteiger partial charge in [0.2, 0.25) is 11.4 Å². The van der Waals surface area contributed by atoms with Crippen LogP contribution in [0.2, 0.25) is 0 Å². The molecule has 4 rings (SSSR count). The molecule has 0 aromatic carbocycles. The Balaban J connectivity index is -0.000000167. The highest BCUT2D eigenvalue weighted by Gasteiger charge is 2.23.